The first-order chi connectivity index (χ1) is 12.5. The molecular weight excluding hydrogens is 356 g/mol. The maximum atomic E-state index is 12.6. The summed E-state index contributed by atoms with van der Waals surface area (Å²) in [5.74, 6) is -0.860. The van der Waals surface area contributed by atoms with Crippen molar-refractivity contribution in [2.75, 3.05) is 0 Å². The molecule has 0 fully saturated rings. The highest BCUT2D eigenvalue weighted by Gasteiger charge is 2.24. The van der Waals surface area contributed by atoms with Gasteiger partial charge >= 0.3 is 11.9 Å². The molecule has 1 heterocycles. The molecular formula is C20H15ClO5. The summed E-state index contributed by atoms with van der Waals surface area (Å²) in [6, 6.07) is 15.5. The van der Waals surface area contributed by atoms with Crippen molar-refractivity contribution in [2.24, 2.45) is 0 Å². The first-order valence-corrected chi connectivity index (χ1v) is 8.19. The molecule has 26 heavy (non-hydrogen) atoms. The predicted octanol–water partition coefficient (Wildman–Crippen LogP) is 4.13. The van der Waals surface area contributed by atoms with Crippen LogP contribution in [-0.2, 0) is 19.1 Å². The van der Waals surface area contributed by atoms with Crippen molar-refractivity contribution in [3.63, 3.8) is 0 Å². The van der Waals surface area contributed by atoms with E-state index < -0.39 is 18.2 Å². The van der Waals surface area contributed by atoms with Gasteiger partial charge in [0, 0.05) is 11.6 Å². The lowest BCUT2D eigenvalue weighted by atomic mass is 10.1. The molecule has 2 aromatic rings. The van der Waals surface area contributed by atoms with Crippen molar-refractivity contribution >= 4 is 29.1 Å². The van der Waals surface area contributed by atoms with Crippen molar-refractivity contribution in [3.8, 4) is 5.75 Å². The fourth-order valence-corrected chi connectivity index (χ4v) is 2.42. The molecule has 0 aromatic heterocycles. The number of halogens is 1. The molecule has 0 radical (unpaired) electrons. The Balaban J connectivity index is 1.84. The van der Waals surface area contributed by atoms with Gasteiger partial charge in [0.15, 0.2) is 0 Å². The van der Waals surface area contributed by atoms with Crippen LogP contribution in [0.25, 0.3) is 5.57 Å². The second kappa shape index (κ2) is 7.89. The van der Waals surface area contributed by atoms with E-state index in [-0.39, 0.29) is 11.3 Å². The molecule has 2 aromatic carbocycles. The van der Waals surface area contributed by atoms with Crippen LogP contribution >= 0.6 is 11.6 Å². The molecule has 1 atom stereocenters. The largest absolute Gasteiger partial charge is 0.458 e. The molecule has 0 N–H and O–H groups in total. The van der Waals surface area contributed by atoms with E-state index in [0.29, 0.717) is 16.2 Å². The molecule has 0 spiro atoms. The number of ether oxygens (including phenoxy) is 3. The number of cyclic esters (lactones) is 1. The van der Waals surface area contributed by atoms with Crippen molar-refractivity contribution in [3.05, 3.63) is 83.1 Å². The van der Waals surface area contributed by atoms with Crippen molar-refractivity contribution in [2.45, 2.75) is 13.2 Å². The summed E-state index contributed by atoms with van der Waals surface area (Å²) in [5.41, 5.74) is 1.21. The Kier molecular flexibility index (Phi) is 5.39. The van der Waals surface area contributed by atoms with Gasteiger partial charge in [0.25, 0.3) is 6.29 Å². The number of benzene rings is 2. The molecule has 6 heteroatoms. The van der Waals surface area contributed by atoms with Crippen molar-refractivity contribution < 1.29 is 23.8 Å². The van der Waals surface area contributed by atoms with Gasteiger partial charge in [-0.25, -0.2) is 9.59 Å². The summed E-state index contributed by atoms with van der Waals surface area (Å²) in [4.78, 5) is 24.1. The zero-order valence-corrected chi connectivity index (χ0v) is 14.6. The number of hydrogen-bond acceptors (Lipinski definition) is 5. The maximum Gasteiger partial charge on any atom is 0.347 e. The summed E-state index contributed by atoms with van der Waals surface area (Å²) < 4.78 is 15.8. The van der Waals surface area contributed by atoms with Gasteiger partial charge in [0.2, 0.25) is 0 Å². The van der Waals surface area contributed by atoms with E-state index in [1.165, 1.54) is 12.3 Å². The molecule has 1 aliphatic rings. The summed E-state index contributed by atoms with van der Waals surface area (Å²) in [7, 11) is 0. The van der Waals surface area contributed by atoms with E-state index in [0.717, 1.165) is 0 Å². The average molecular weight is 371 g/mol. The summed E-state index contributed by atoms with van der Waals surface area (Å²) >= 11 is 6.04. The smallest absolute Gasteiger partial charge is 0.347 e. The Labute approximate surface area is 155 Å². The number of esters is 2. The Morgan fingerprint density at radius 2 is 1.81 bits per heavy atom. The molecule has 0 saturated heterocycles. The van der Waals surface area contributed by atoms with Crippen LogP contribution < -0.4 is 4.74 Å². The second-order valence-electron chi connectivity index (χ2n) is 5.48. The molecule has 3 rings (SSSR count). The van der Waals surface area contributed by atoms with Crippen LogP contribution in [0, 0.1) is 0 Å². The average Bonchev–Trinajstić information content (AvgIpc) is 2.96. The SMILES string of the molecule is CC1=CC(O/C=C(/C(=O)Oc2ccccc2Cl)c2ccccc2)OC1=O. The lowest BCUT2D eigenvalue weighted by Gasteiger charge is -2.12. The quantitative estimate of drug-likeness (QED) is 0.343. The number of carbonyl (C=O) groups excluding carboxylic acids is 2. The van der Waals surface area contributed by atoms with Crippen LogP contribution in [0.3, 0.4) is 0 Å². The third-order valence-electron chi connectivity index (χ3n) is 3.60. The van der Waals surface area contributed by atoms with E-state index in [4.69, 9.17) is 25.8 Å². The minimum atomic E-state index is -0.880. The van der Waals surface area contributed by atoms with Gasteiger partial charge in [-0.2, -0.15) is 0 Å². The molecule has 132 valence electrons. The minimum absolute atomic E-state index is 0.166. The normalized spacial score (nSPS) is 16.7. The Morgan fingerprint density at radius 1 is 1.12 bits per heavy atom. The van der Waals surface area contributed by atoms with Crippen molar-refractivity contribution in [1.82, 2.24) is 0 Å². The van der Waals surface area contributed by atoms with Crippen LogP contribution in [0.2, 0.25) is 5.02 Å². The van der Waals surface area contributed by atoms with Crippen LogP contribution in [0.4, 0.5) is 0 Å². The van der Waals surface area contributed by atoms with Crippen molar-refractivity contribution in [1.29, 1.82) is 0 Å². The monoisotopic (exact) mass is 370 g/mol. The van der Waals surface area contributed by atoms with Crippen LogP contribution in [0.15, 0.2) is 72.5 Å². The number of hydrogen-bond donors (Lipinski definition) is 0. The van der Waals surface area contributed by atoms with E-state index in [1.54, 1.807) is 55.5 Å². The van der Waals surface area contributed by atoms with Gasteiger partial charge in [-0.15, -0.1) is 0 Å². The van der Waals surface area contributed by atoms with Crippen LogP contribution in [-0.4, -0.2) is 18.2 Å². The van der Waals surface area contributed by atoms with E-state index >= 15 is 0 Å². The number of rotatable bonds is 5. The molecule has 1 unspecified atom stereocenters. The molecule has 0 amide bonds. The highest BCUT2D eigenvalue weighted by atomic mass is 35.5. The summed E-state index contributed by atoms with van der Waals surface area (Å²) in [6.07, 6.45) is 1.87. The van der Waals surface area contributed by atoms with Crippen LogP contribution in [0.1, 0.15) is 12.5 Å². The number of carbonyl (C=O) groups is 2. The van der Waals surface area contributed by atoms with Gasteiger partial charge in [0.1, 0.15) is 17.6 Å². The lowest BCUT2D eigenvalue weighted by Crippen LogP contribution is -2.14. The molecule has 1 aliphatic heterocycles. The van der Waals surface area contributed by atoms with Gasteiger partial charge in [0.05, 0.1) is 5.02 Å². The van der Waals surface area contributed by atoms with E-state index in [1.807, 2.05) is 6.07 Å². The topological polar surface area (TPSA) is 61.8 Å². The maximum absolute atomic E-state index is 12.6. The third kappa shape index (κ3) is 4.13. The fourth-order valence-electron chi connectivity index (χ4n) is 2.24. The third-order valence-corrected chi connectivity index (χ3v) is 3.91. The van der Waals surface area contributed by atoms with Gasteiger partial charge < -0.3 is 14.2 Å². The minimum Gasteiger partial charge on any atom is -0.458 e. The first-order valence-electron chi connectivity index (χ1n) is 7.82. The zero-order valence-electron chi connectivity index (χ0n) is 13.8. The number of para-hydroxylation sites is 1. The highest BCUT2D eigenvalue weighted by molar-refractivity contribution is 6.32. The zero-order chi connectivity index (χ0) is 18.5. The molecule has 0 aliphatic carbocycles. The molecule has 0 bridgehead atoms. The van der Waals surface area contributed by atoms with Crippen LogP contribution in [0.5, 0.6) is 5.75 Å². The van der Waals surface area contributed by atoms with Gasteiger partial charge in [-0.1, -0.05) is 54.1 Å². The summed E-state index contributed by atoms with van der Waals surface area (Å²) in [5, 5.41) is 0.317. The Bertz CT molecular complexity index is 886. The van der Waals surface area contributed by atoms with E-state index in [2.05, 4.69) is 0 Å². The highest BCUT2D eigenvalue weighted by Crippen LogP contribution is 2.26. The van der Waals surface area contributed by atoms with Gasteiger partial charge in [-0.3, -0.25) is 0 Å². The Hall–Kier alpha value is -3.05. The lowest BCUT2D eigenvalue weighted by molar-refractivity contribution is -0.152. The fraction of sp³-hybridized carbons (Fsp3) is 0.100. The summed E-state index contributed by atoms with van der Waals surface area (Å²) in [6.45, 7) is 1.62. The second-order valence-corrected chi connectivity index (χ2v) is 5.88. The molecule has 0 saturated carbocycles. The van der Waals surface area contributed by atoms with Gasteiger partial charge in [-0.05, 0) is 24.6 Å². The predicted molar refractivity (Wildman–Crippen MR) is 96.2 cm³/mol. The Morgan fingerprint density at radius 3 is 2.46 bits per heavy atom. The standard InChI is InChI=1S/C20H15ClO5/c1-13-11-18(26-19(13)22)24-12-15(14-7-3-2-4-8-14)20(23)25-17-10-6-5-9-16(17)21/h2-12,18H,1H3/b15-12+. The van der Waals surface area contributed by atoms with E-state index in [9.17, 15) is 9.59 Å². The first kappa shape index (κ1) is 17.8. The molecule has 5 nitrogen and oxygen atoms in total.